The molecule has 0 aromatic carbocycles. The molecule has 2 amide bonds. The molecule has 20 heavy (non-hydrogen) atoms. The Balaban J connectivity index is 1.74. The Bertz CT molecular complexity index is 355. The van der Waals surface area contributed by atoms with Crippen molar-refractivity contribution < 1.29 is 19.8 Å². The second-order valence-corrected chi connectivity index (χ2v) is 5.92. The number of hydrogen-bond acceptors (Lipinski definition) is 3. The van der Waals surface area contributed by atoms with Crippen LogP contribution >= 0.6 is 0 Å². The standard InChI is InChI=1S/C14H24N2O4/c17-11-8-12(13(18)19)16(9-11)14(20)15-7-6-10-4-2-1-3-5-10/h10-12,17H,1-9H2,(H,15,20)(H,18,19)/t11-,12+/m1/s1. The highest BCUT2D eigenvalue weighted by molar-refractivity contribution is 5.83. The first kappa shape index (κ1) is 15.1. The van der Waals surface area contributed by atoms with Gasteiger partial charge >= 0.3 is 12.0 Å². The Kier molecular flexibility index (Phi) is 5.23. The van der Waals surface area contributed by atoms with E-state index >= 15 is 0 Å². The van der Waals surface area contributed by atoms with Crippen molar-refractivity contribution in [1.82, 2.24) is 10.2 Å². The first-order valence-corrected chi connectivity index (χ1v) is 7.53. The van der Waals surface area contributed by atoms with Gasteiger partial charge < -0.3 is 20.4 Å². The molecule has 1 heterocycles. The average Bonchev–Trinajstić information content (AvgIpc) is 2.82. The summed E-state index contributed by atoms with van der Waals surface area (Å²) in [4.78, 5) is 24.3. The molecule has 0 spiro atoms. The number of aliphatic hydroxyl groups excluding tert-OH is 1. The fourth-order valence-electron chi connectivity index (χ4n) is 3.23. The topological polar surface area (TPSA) is 89.9 Å². The number of rotatable bonds is 4. The minimum Gasteiger partial charge on any atom is -0.480 e. The van der Waals surface area contributed by atoms with E-state index in [0.717, 1.165) is 6.42 Å². The summed E-state index contributed by atoms with van der Waals surface area (Å²) >= 11 is 0. The van der Waals surface area contributed by atoms with Crippen molar-refractivity contribution in [2.75, 3.05) is 13.1 Å². The van der Waals surface area contributed by atoms with E-state index in [9.17, 15) is 14.7 Å². The zero-order valence-electron chi connectivity index (χ0n) is 11.8. The number of carboxylic acid groups (broad SMARTS) is 1. The van der Waals surface area contributed by atoms with Gasteiger partial charge in [0.1, 0.15) is 6.04 Å². The third-order valence-corrected chi connectivity index (χ3v) is 4.38. The first-order valence-electron chi connectivity index (χ1n) is 7.53. The number of nitrogens with one attached hydrogen (secondary N) is 1. The van der Waals surface area contributed by atoms with Crippen molar-refractivity contribution in [2.24, 2.45) is 5.92 Å². The van der Waals surface area contributed by atoms with Crippen LogP contribution in [-0.4, -0.2) is 52.3 Å². The van der Waals surface area contributed by atoms with Crippen molar-refractivity contribution in [3.8, 4) is 0 Å². The van der Waals surface area contributed by atoms with E-state index in [2.05, 4.69) is 5.32 Å². The van der Waals surface area contributed by atoms with E-state index in [1.165, 1.54) is 37.0 Å². The Morgan fingerprint density at radius 3 is 2.55 bits per heavy atom. The van der Waals surface area contributed by atoms with Gasteiger partial charge in [-0.25, -0.2) is 9.59 Å². The van der Waals surface area contributed by atoms with Gasteiger partial charge in [-0.2, -0.15) is 0 Å². The summed E-state index contributed by atoms with van der Waals surface area (Å²) in [6.45, 7) is 0.689. The SMILES string of the molecule is O=C(O)[C@@H]1C[C@@H](O)CN1C(=O)NCCC1CCCCC1. The quantitative estimate of drug-likeness (QED) is 0.723. The number of carboxylic acids is 1. The second-order valence-electron chi connectivity index (χ2n) is 5.92. The van der Waals surface area contributed by atoms with E-state index in [-0.39, 0.29) is 19.0 Å². The zero-order valence-corrected chi connectivity index (χ0v) is 11.8. The monoisotopic (exact) mass is 284 g/mol. The third-order valence-electron chi connectivity index (χ3n) is 4.38. The molecule has 3 N–H and O–H groups in total. The predicted octanol–water partition coefficient (Wildman–Crippen LogP) is 1.19. The van der Waals surface area contributed by atoms with Crippen molar-refractivity contribution >= 4 is 12.0 Å². The van der Waals surface area contributed by atoms with Crippen molar-refractivity contribution in [3.63, 3.8) is 0 Å². The molecule has 6 nitrogen and oxygen atoms in total. The van der Waals surface area contributed by atoms with Crippen LogP contribution in [0.15, 0.2) is 0 Å². The number of urea groups is 1. The smallest absolute Gasteiger partial charge is 0.326 e. The van der Waals surface area contributed by atoms with Gasteiger partial charge in [-0.1, -0.05) is 32.1 Å². The lowest BCUT2D eigenvalue weighted by molar-refractivity contribution is -0.141. The largest absolute Gasteiger partial charge is 0.480 e. The minimum absolute atomic E-state index is 0.103. The normalized spacial score (nSPS) is 27.6. The fourth-order valence-corrected chi connectivity index (χ4v) is 3.23. The third kappa shape index (κ3) is 3.85. The van der Waals surface area contributed by atoms with Crippen LogP contribution in [0.1, 0.15) is 44.9 Å². The highest BCUT2D eigenvalue weighted by Crippen LogP contribution is 2.25. The lowest BCUT2D eigenvalue weighted by atomic mass is 9.87. The van der Waals surface area contributed by atoms with Gasteiger partial charge in [0.05, 0.1) is 6.10 Å². The van der Waals surface area contributed by atoms with Crippen LogP contribution in [0.4, 0.5) is 4.79 Å². The molecular weight excluding hydrogens is 260 g/mol. The van der Waals surface area contributed by atoms with Crippen LogP contribution in [-0.2, 0) is 4.79 Å². The maximum absolute atomic E-state index is 12.0. The van der Waals surface area contributed by atoms with Crippen LogP contribution in [0.3, 0.4) is 0 Å². The Labute approximate surface area is 119 Å². The highest BCUT2D eigenvalue weighted by Gasteiger charge is 2.38. The number of hydrogen-bond donors (Lipinski definition) is 3. The maximum atomic E-state index is 12.0. The van der Waals surface area contributed by atoms with E-state index in [1.54, 1.807) is 0 Å². The molecule has 114 valence electrons. The molecule has 1 aliphatic heterocycles. The molecule has 0 unspecified atom stereocenters. The van der Waals surface area contributed by atoms with Crippen LogP contribution < -0.4 is 5.32 Å². The number of carbonyl (C=O) groups excluding carboxylic acids is 1. The number of likely N-dealkylation sites (tertiary alicyclic amines) is 1. The molecule has 1 saturated heterocycles. The number of nitrogens with zero attached hydrogens (tertiary/aromatic N) is 1. The lowest BCUT2D eigenvalue weighted by Gasteiger charge is -2.24. The highest BCUT2D eigenvalue weighted by atomic mass is 16.4. The molecule has 1 aliphatic carbocycles. The summed E-state index contributed by atoms with van der Waals surface area (Å²) in [5.41, 5.74) is 0. The Morgan fingerprint density at radius 2 is 1.90 bits per heavy atom. The van der Waals surface area contributed by atoms with Gasteiger partial charge in [-0.05, 0) is 12.3 Å². The number of aliphatic carboxylic acids is 1. The lowest BCUT2D eigenvalue weighted by Crippen LogP contribution is -2.46. The molecule has 0 aromatic rings. The molecule has 2 atom stereocenters. The summed E-state index contributed by atoms with van der Waals surface area (Å²) in [6.07, 6.45) is 6.67. The summed E-state index contributed by atoms with van der Waals surface area (Å²) < 4.78 is 0. The van der Waals surface area contributed by atoms with Crippen LogP contribution in [0.25, 0.3) is 0 Å². The molecular formula is C14H24N2O4. The van der Waals surface area contributed by atoms with Crippen LogP contribution in [0.5, 0.6) is 0 Å². The molecule has 6 heteroatoms. The fraction of sp³-hybridized carbons (Fsp3) is 0.857. The number of aliphatic hydroxyl groups is 1. The van der Waals surface area contributed by atoms with Gasteiger partial charge in [0.2, 0.25) is 0 Å². The predicted molar refractivity (Wildman–Crippen MR) is 73.3 cm³/mol. The Hall–Kier alpha value is -1.30. The molecule has 0 aromatic heterocycles. The maximum Gasteiger partial charge on any atom is 0.326 e. The van der Waals surface area contributed by atoms with E-state index in [4.69, 9.17) is 5.11 Å². The second kappa shape index (κ2) is 6.92. The molecule has 2 fully saturated rings. The molecule has 0 bridgehead atoms. The van der Waals surface area contributed by atoms with Crippen molar-refractivity contribution in [1.29, 1.82) is 0 Å². The first-order chi connectivity index (χ1) is 9.58. The zero-order chi connectivity index (χ0) is 14.5. The van der Waals surface area contributed by atoms with Gasteiger partial charge in [0.15, 0.2) is 0 Å². The summed E-state index contributed by atoms with van der Waals surface area (Å²) in [7, 11) is 0. The number of carbonyl (C=O) groups is 2. The minimum atomic E-state index is -1.05. The average molecular weight is 284 g/mol. The van der Waals surface area contributed by atoms with E-state index in [0.29, 0.717) is 12.5 Å². The van der Waals surface area contributed by atoms with Gasteiger partial charge in [0, 0.05) is 19.5 Å². The Morgan fingerprint density at radius 1 is 1.20 bits per heavy atom. The van der Waals surface area contributed by atoms with Gasteiger partial charge in [0.25, 0.3) is 0 Å². The molecule has 0 radical (unpaired) electrons. The van der Waals surface area contributed by atoms with E-state index < -0.39 is 18.1 Å². The van der Waals surface area contributed by atoms with Crippen LogP contribution in [0, 0.1) is 5.92 Å². The molecule has 2 rings (SSSR count). The number of β-amino-alcohol motifs (C(OH)–C–C–N with tert-alkyl or cyclic N) is 1. The summed E-state index contributed by atoms with van der Waals surface area (Å²) in [6, 6.07) is -1.27. The summed E-state index contributed by atoms with van der Waals surface area (Å²) in [5, 5.41) is 21.3. The summed E-state index contributed by atoms with van der Waals surface area (Å²) in [5.74, 6) is -0.368. The molecule has 1 saturated carbocycles. The van der Waals surface area contributed by atoms with Crippen LogP contribution in [0.2, 0.25) is 0 Å². The van der Waals surface area contributed by atoms with Gasteiger partial charge in [-0.15, -0.1) is 0 Å². The van der Waals surface area contributed by atoms with Crippen molar-refractivity contribution in [3.05, 3.63) is 0 Å². The van der Waals surface area contributed by atoms with Crippen molar-refractivity contribution in [2.45, 2.75) is 57.1 Å². The van der Waals surface area contributed by atoms with Gasteiger partial charge in [-0.3, -0.25) is 0 Å². The molecule has 2 aliphatic rings. The van der Waals surface area contributed by atoms with E-state index in [1.807, 2.05) is 0 Å². The number of amides is 2.